The number of hydrogen-bond acceptors (Lipinski definition) is 4. The van der Waals surface area contributed by atoms with Crippen LogP contribution in [0.1, 0.15) is 17.3 Å². The molecule has 0 spiro atoms. The van der Waals surface area contributed by atoms with Crippen molar-refractivity contribution in [3.63, 3.8) is 0 Å². The molecule has 1 heterocycles. The molecule has 0 aliphatic rings. The molecule has 0 fully saturated rings. The third kappa shape index (κ3) is 2.03. The second kappa shape index (κ2) is 4.00. The van der Waals surface area contributed by atoms with Crippen molar-refractivity contribution in [1.82, 2.24) is 4.98 Å². The number of aromatic nitrogens is 1. The highest BCUT2D eigenvalue weighted by molar-refractivity contribution is 6.03. The third-order valence-electron chi connectivity index (χ3n) is 1.84. The molecule has 0 saturated heterocycles. The maximum atomic E-state index is 11.6. The fourth-order valence-corrected chi connectivity index (χ4v) is 0.937. The smallest absolute Gasteiger partial charge is 0.194 e. The van der Waals surface area contributed by atoms with E-state index >= 15 is 0 Å². The van der Waals surface area contributed by atoms with E-state index < -0.39 is 6.10 Å². The Bertz CT molecular complexity index is 312. The molecular formula is C9H12N2O2. The Kier molecular flexibility index (Phi) is 2.97. The van der Waals surface area contributed by atoms with Crippen LogP contribution in [0.5, 0.6) is 0 Å². The lowest BCUT2D eigenvalue weighted by Crippen LogP contribution is -2.20. The average Bonchev–Trinajstić information content (AvgIpc) is 2.16. The molecule has 13 heavy (non-hydrogen) atoms. The molecule has 0 bridgehead atoms. The molecule has 1 rings (SSSR count). The lowest BCUT2D eigenvalue weighted by molar-refractivity contribution is 0.0656. The normalized spacial score (nSPS) is 12.5. The summed E-state index contributed by atoms with van der Waals surface area (Å²) in [7, 11) is 1.48. The lowest BCUT2D eigenvalue weighted by atomic mass is 10.1. The summed E-state index contributed by atoms with van der Waals surface area (Å²) in [5, 5.41) is 0. The number of pyridine rings is 1. The predicted octanol–water partition coefficient (Wildman–Crippen LogP) is 0.881. The number of carbonyl (C=O) groups is 1. The molecule has 70 valence electrons. The quantitative estimate of drug-likeness (QED) is 0.701. The summed E-state index contributed by atoms with van der Waals surface area (Å²) in [4.78, 5) is 15.4. The zero-order valence-electron chi connectivity index (χ0n) is 7.65. The first kappa shape index (κ1) is 9.67. The number of anilines is 1. The van der Waals surface area contributed by atoms with E-state index in [1.807, 2.05) is 0 Å². The first-order valence-corrected chi connectivity index (χ1v) is 3.93. The van der Waals surface area contributed by atoms with E-state index in [9.17, 15) is 4.79 Å². The summed E-state index contributed by atoms with van der Waals surface area (Å²) in [5.74, 6) is -0.145. The van der Waals surface area contributed by atoms with Gasteiger partial charge in [0.2, 0.25) is 0 Å². The lowest BCUT2D eigenvalue weighted by Gasteiger charge is -2.09. The number of nitrogens with two attached hydrogens (primary N) is 1. The van der Waals surface area contributed by atoms with Gasteiger partial charge in [-0.25, -0.2) is 0 Å². The zero-order chi connectivity index (χ0) is 9.84. The van der Waals surface area contributed by atoms with Crippen LogP contribution in [0.3, 0.4) is 0 Å². The van der Waals surface area contributed by atoms with Crippen molar-refractivity contribution < 1.29 is 9.53 Å². The highest BCUT2D eigenvalue weighted by Crippen LogP contribution is 2.12. The fourth-order valence-electron chi connectivity index (χ4n) is 0.937. The summed E-state index contributed by atoms with van der Waals surface area (Å²) in [6.45, 7) is 1.68. The highest BCUT2D eigenvalue weighted by Gasteiger charge is 2.16. The Labute approximate surface area is 76.7 Å². The van der Waals surface area contributed by atoms with E-state index in [0.717, 1.165) is 0 Å². The standard InChI is InChI=1S/C9H12N2O2/c1-6(13-2)9(12)7-5-11-4-3-8(7)10/h3-6H,1-2H3,(H2,10,11). The Hall–Kier alpha value is -1.42. The molecule has 1 aromatic rings. The number of carbonyl (C=O) groups excluding carboxylic acids is 1. The molecule has 0 radical (unpaired) electrons. The minimum absolute atomic E-state index is 0.145. The molecule has 2 N–H and O–H groups in total. The summed E-state index contributed by atoms with van der Waals surface area (Å²) in [6, 6.07) is 1.59. The van der Waals surface area contributed by atoms with Crippen molar-refractivity contribution in [1.29, 1.82) is 0 Å². The van der Waals surface area contributed by atoms with E-state index in [4.69, 9.17) is 10.5 Å². The van der Waals surface area contributed by atoms with Crippen molar-refractivity contribution in [2.24, 2.45) is 0 Å². The van der Waals surface area contributed by atoms with Crippen molar-refractivity contribution in [2.75, 3.05) is 12.8 Å². The van der Waals surface area contributed by atoms with Crippen LogP contribution >= 0.6 is 0 Å². The van der Waals surface area contributed by atoms with Gasteiger partial charge in [0.25, 0.3) is 0 Å². The van der Waals surface area contributed by atoms with Crippen molar-refractivity contribution in [2.45, 2.75) is 13.0 Å². The topological polar surface area (TPSA) is 65.2 Å². The zero-order valence-corrected chi connectivity index (χ0v) is 7.65. The second-order valence-corrected chi connectivity index (χ2v) is 2.71. The number of nitrogens with zero attached hydrogens (tertiary/aromatic N) is 1. The van der Waals surface area contributed by atoms with E-state index in [0.29, 0.717) is 11.3 Å². The van der Waals surface area contributed by atoms with Gasteiger partial charge < -0.3 is 10.5 Å². The van der Waals surface area contributed by atoms with Crippen LogP contribution in [0.4, 0.5) is 5.69 Å². The maximum absolute atomic E-state index is 11.6. The van der Waals surface area contributed by atoms with E-state index in [1.54, 1.807) is 19.2 Å². The number of nitrogen functional groups attached to an aromatic ring is 1. The molecule has 4 nitrogen and oxygen atoms in total. The number of rotatable bonds is 3. The molecule has 0 saturated carbocycles. The molecule has 1 atom stereocenters. The van der Waals surface area contributed by atoms with Gasteiger partial charge in [-0.05, 0) is 13.0 Å². The monoisotopic (exact) mass is 180 g/mol. The Morgan fingerprint density at radius 3 is 2.92 bits per heavy atom. The molecule has 0 amide bonds. The molecule has 0 aromatic carbocycles. The fraction of sp³-hybridized carbons (Fsp3) is 0.333. The van der Waals surface area contributed by atoms with Crippen LogP contribution in [-0.2, 0) is 4.74 Å². The van der Waals surface area contributed by atoms with Crippen molar-refractivity contribution in [3.8, 4) is 0 Å². The van der Waals surface area contributed by atoms with Gasteiger partial charge in [-0.1, -0.05) is 0 Å². The molecule has 4 heteroatoms. The predicted molar refractivity (Wildman–Crippen MR) is 49.5 cm³/mol. The molecule has 1 unspecified atom stereocenters. The number of ether oxygens (including phenoxy) is 1. The van der Waals surface area contributed by atoms with Gasteiger partial charge in [0.1, 0.15) is 6.10 Å². The van der Waals surface area contributed by atoms with Gasteiger partial charge in [-0.2, -0.15) is 0 Å². The van der Waals surface area contributed by atoms with Crippen LogP contribution in [0.25, 0.3) is 0 Å². The van der Waals surface area contributed by atoms with Gasteiger partial charge in [0, 0.05) is 25.2 Å². The van der Waals surface area contributed by atoms with E-state index in [2.05, 4.69) is 4.98 Å². The van der Waals surface area contributed by atoms with Crippen LogP contribution in [-0.4, -0.2) is 24.0 Å². The van der Waals surface area contributed by atoms with Gasteiger partial charge in [-0.15, -0.1) is 0 Å². The first-order valence-electron chi connectivity index (χ1n) is 3.93. The SMILES string of the molecule is COC(C)C(=O)c1cnccc1N. The van der Waals surface area contributed by atoms with Crippen LogP contribution < -0.4 is 5.73 Å². The first-order chi connectivity index (χ1) is 6.16. The minimum Gasteiger partial charge on any atom is -0.398 e. The third-order valence-corrected chi connectivity index (χ3v) is 1.84. The maximum Gasteiger partial charge on any atom is 0.194 e. The highest BCUT2D eigenvalue weighted by atomic mass is 16.5. The van der Waals surface area contributed by atoms with Crippen LogP contribution in [0, 0.1) is 0 Å². The number of Topliss-reactive ketones (excluding diaryl/α,β-unsaturated/α-hetero) is 1. The Balaban J connectivity index is 2.95. The summed E-state index contributed by atoms with van der Waals surface area (Å²) in [6.07, 6.45) is 2.52. The summed E-state index contributed by atoms with van der Waals surface area (Å²) < 4.78 is 4.89. The van der Waals surface area contributed by atoms with Gasteiger partial charge in [0.15, 0.2) is 5.78 Å². The average molecular weight is 180 g/mol. The summed E-state index contributed by atoms with van der Waals surface area (Å²) >= 11 is 0. The number of methoxy groups -OCH3 is 1. The van der Waals surface area contributed by atoms with Crippen molar-refractivity contribution in [3.05, 3.63) is 24.0 Å². The van der Waals surface area contributed by atoms with Crippen LogP contribution in [0.2, 0.25) is 0 Å². The Morgan fingerprint density at radius 2 is 2.38 bits per heavy atom. The molecular weight excluding hydrogens is 168 g/mol. The Morgan fingerprint density at radius 1 is 1.69 bits per heavy atom. The summed E-state index contributed by atoms with van der Waals surface area (Å²) in [5.41, 5.74) is 6.45. The molecule has 0 aliphatic carbocycles. The second-order valence-electron chi connectivity index (χ2n) is 2.71. The minimum atomic E-state index is -0.480. The number of ketones is 1. The van der Waals surface area contributed by atoms with E-state index in [1.165, 1.54) is 13.3 Å². The van der Waals surface area contributed by atoms with Gasteiger partial charge in [-0.3, -0.25) is 9.78 Å². The molecule has 1 aromatic heterocycles. The molecule has 0 aliphatic heterocycles. The van der Waals surface area contributed by atoms with Gasteiger partial charge in [0.05, 0.1) is 5.56 Å². The van der Waals surface area contributed by atoms with Crippen LogP contribution in [0.15, 0.2) is 18.5 Å². The van der Waals surface area contributed by atoms with E-state index in [-0.39, 0.29) is 5.78 Å². The number of hydrogen-bond donors (Lipinski definition) is 1. The largest absolute Gasteiger partial charge is 0.398 e. The van der Waals surface area contributed by atoms with Crippen molar-refractivity contribution >= 4 is 11.5 Å². The van der Waals surface area contributed by atoms with Gasteiger partial charge >= 0.3 is 0 Å².